The molecule has 0 amide bonds. The lowest BCUT2D eigenvalue weighted by atomic mass is 9.77. The minimum absolute atomic E-state index is 0.420. The molecule has 0 saturated carbocycles. The van der Waals surface area contributed by atoms with E-state index in [0.29, 0.717) is 10.9 Å². The molecule has 4 aromatic rings. The van der Waals surface area contributed by atoms with E-state index >= 15 is 0 Å². The third kappa shape index (κ3) is 4.74. The zero-order valence-corrected chi connectivity index (χ0v) is 17.3. The van der Waals surface area contributed by atoms with Crippen LogP contribution in [0.5, 0.6) is 0 Å². The van der Waals surface area contributed by atoms with Gasteiger partial charge in [-0.15, -0.1) is 0 Å². The van der Waals surface area contributed by atoms with Crippen LogP contribution in [0.3, 0.4) is 0 Å². The molecule has 4 rings (SSSR count). The van der Waals surface area contributed by atoms with Crippen molar-refractivity contribution in [2.75, 3.05) is 0 Å². The van der Waals surface area contributed by atoms with Gasteiger partial charge in [0.05, 0.1) is 0 Å². The monoisotopic (exact) mass is 420 g/mol. The Morgan fingerprint density at radius 2 is 0.656 bits per heavy atom. The number of rotatable bonds is 6. The fourth-order valence-corrected chi connectivity index (χ4v) is 3.76. The zero-order valence-electron chi connectivity index (χ0n) is 17.3. The van der Waals surface area contributed by atoms with E-state index < -0.39 is 14.2 Å². The first-order valence-electron chi connectivity index (χ1n) is 10.3. The van der Waals surface area contributed by atoms with E-state index in [1.807, 2.05) is 84.9 Å². The Balaban J connectivity index is 2.01. The highest BCUT2D eigenvalue weighted by atomic mass is 16.4. The predicted octanol–water partition coefficient (Wildman–Crippen LogP) is 2.05. The molecule has 0 aromatic heterocycles. The first-order chi connectivity index (χ1) is 15.5. The van der Waals surface area contributed by atoms with Gasteiger partial charge in [-0.05, 0) is 44.3 Å². The topological polar surface area (TPSA) is 80.9 Å². The molecule has 0 aliphatic rings. The Hall–Kier alpha value is -3.41. The normalized spacial score (nSPS) is 11.6. The molecule has 0 saturated heterocycles. The first kappa shape index (κ1) is 21.8. The molecule has 4 nitrogen and oxygen atoms in total. The van der Waals surface area contributed by atoms with Gasteiger partial charge in [0.15, 0.2) is 0 Å². The van der Waals surface area contributed by atoms with Gasteiger partial charge in [0, 0.05) is 0 Å². The average molecular weight is 420 g/mol. The highest BCUT2D eigenvalue weighted by Crippen LogP contribution is 2.36. The number of benzene rings is 4. The smallest absolute Gasteiger partial charge is 0.423 e. The Labute approximate surface area is 188 Å². The van der Waals surface area contributed by atoms with Crippen molar-refractivity contribution in [3.05, 3.63) is 131 Å². The fourth-order valence-electron chi connectivity index (χ4n) is 3.76. The van der Waals surface area contributed by atoms with Crippen molar-refractivity contribution in [1.82, 2.24) is 0 Å². The molecular formula is C26H22B2O4. The van der Waals surface area contributed by atoms with Crippen molar-refractivity contribution in [3.63, 3.8) is 0 Å². The molecule has 32 heavy (non-hydrogen) atoms. The zero-order chi connectivity index (χ0) is 22.5. The van der Waals surface area contributed by atoms with Crippen molar-refractivity contribution in [2.45, 2.75) is 0 Å². The van der Waals surface area contributed by atoms with Crippen molar-refractivity contribution in [2.24, 2.45) is 0 Å². The Morgan fingerprint density at radius 3 is 0.938 bits per heavy atom. The summed E-state index contributed by atoms with van der Waals surface area (Å²) in [5.74, 6) is 0. The van der Waals surface area contributed by atoms with Crippen LogP contribution in [0.15, 0.2) is 109 Å². The lowest BCUT2D eigenvalue weighted by molar-refractivity contribution is 0.424. The van der Waals surface area contributed by atoms with Gasteiger partial charge >= 0.3 is 14.2 Å². The van der Waals surface area contributed by atoms with Crippen molar-refractivity contribution in [1.29, 1.82) is 0 Å². The molecule has 0 fully saturated rings. The molecule has 156 valence electrons. The molecule has 0 aliphatic carbocycles. The van der Waals surface area contributed by atoms with Crippen LogP contribution in [0.2, 0.25) is 0 Å². The van der Waals surface area contributed by atoms with E-state index in [4.69, 9.17) is 0 Å². The predicted molar refractivity (Wildman–Crippen MR) is 130 cm³/mol. The molecule has 0 radical (unpaired) electrons. The van der Waals surface area contributed by atoms with E-state index in [9.17, 15) is 20.1 Å². The van der Waals surface area contributed by atoms with E-state index in [2.05, 4.69) is 0 Å². The molecule has 4 N–H and O–H groups in total. The van der Waals surface area contributed by atoms with Crippen LogP contribution in [0.1, 0.15) is 22.3 Å². The summed E-state index contributed by atoms with van der Waals surface area (Å²) in [6, 6.07) is 34.4. The molecule has 6 heteroatoms. The maximum Gasteiger partial charge on any atom is 0.488 e. The Bertz CT molecular complexity index is 1090. The van der Waals surface area contributed by atoms with E-state index in [0.717, 1.165) is 33.4 Å². The first-order valence-corrected chi connectivity index (χ1v) is 10.3. The fraction of sp³-hybridized carbons (Fsp3) is 0. The summed E-state index contributed by atoms with van der Waals surface area (Å²) >= 11 is 0. The number of hydrogen-bond donors (Lipinski definition) is 4. The van der Waals surface area contributed by atoms with Crippen molar-refractivity contribution in [3.8, 4) is 0 Å². The minimum atomic E-state index is -1.53. The van der Waals surface area contributed by atoms with Gasteiger partial charge in [-0.25, -0.2) is 0 Å². The molecule has 0 heterocycles. The van der Waals surface area contributed by atoms with Gasteiger partial charge < -0.3 is 20.1 Å². The third-order valence-electron chi connectivity index (χ3n) is 5.37. The van der Waals surface area contributed by atoms with E-state index in [1.165, 1.54) is 0 Å². The van der Waals surface area contributed by atoms with Gasteiger partial charge in [-0.1, -0.05) is 109 Å². The lowest BCUT2D eigenvalue weighted by Gasteiger charge is -2.18. The maximum absolute atomic E-state index is 9.51. The molecule has 0 unspecified atom stereocenters. The van der Waals surface area contributed by atoms with Gasteiger partial charge in [0.2, 0.25) is 0 Å². The quantitative estimate of drug-likeness (QED) is 0.285. The second-order valence-corrected chi connectivity index (χ2v) is 7.47. The minimum Gasteiger partial charge on any atom is -0.423 e. The standard InChI is InChI=1S/C26H22B2O4/c29-27(30)23-15-11-21(12-16-23)25(19-7-3-1-4-8-19)26(20-9-5-2-6-10-20)22-13-17-24(18-14-22)28(31)32/h1-18,29-32H. The Kier molecular flexibility index (Phi) is 6.69. The van der Waals surface area contributed by atoms with Crippen LogP contribution in [-0.2, 0) is 0 Å². The highest BCUT2D eigenvalue weighted by Gasteiger charge is 2.18. The summed E-state index contributed by atoms with van der Waals surface area (Å²) in [6.45, 7) is 0. The SMILES string of the molecule is OB(O)c1ccc(C(=C(c2ccccc2)c2ccc(B(O)O)cc2)c2ccccc2)cc1. The van der Waals surface area contributed by atoms with Crippen molar-refractivity contribution >= 4 is 36.3 Å². The summed E-state index contributed by atoms with van der Waals surface area (Å²) in [4.78, 5) is 0. The second-order valence-electron chi connectivity index (χ2n) is 7.47. The van der Waals surface area contributed by atoms with Gasteiger partial charge in [0.25, 0.3) is 0 Å². The van der Waals surface area contributed by atoms with Crippen LogP contribution in [-0.4, -0.2) is 34.3 Å². The molecule has 0 bridgehead atoms. The summed E-state index contributed by atoms with van der Waals surface area (Å²) in [5, 5.41) is 38.0. The van der Waals surface area contributed by atoms with Crippen LogP contribution in [0.25, 0.3) is 11.1 Å². The van der Waals surface area contributed by atoms with E-state index in [1.54, 1.807) is 24.3 Å². The molecule has 0 aliphatic heterocycles. The molecule has 0 atom stereocenters. The van der Waals surface area contributed by atoms with Crippen LogP contribution >= 0.6 is 0 Å². The Morgan fingerprint density at radius 1 is 0.375 bits per heavy atom. The average Bonchev–Trinajstić information content (AvgIpc) is 2.84. The largest absolute Gasteiger partial charge is 0.488 e. The summed E-state index contributed by atoms with van der Waals surface area (Å²) in [5.41, 5.74) is 6.66. The van der Waals surface area contributed by atoms with Crippen LogP contribution < -0.4 is 10.9 Å². The summed E-state index contributed by atoms with van der Waals surface area (Å²) in [6.07, 6.45) is 0. The summed E-state index contributed by atoms with van der Waals surface area (Å²) < 4.78 is 0. The maximum atomic E-state index is 9.51. The van der Waals surface area contributed by atoms with Gasteiger partial charge in [-0.3, -0.25) is 0 Å². The van der Waals surface area contributed by atoms with Crippen LogP contribution in [0, 0.1) is 0 Å². The van der Waals surface area contributed by atoms with E-state index in [-0.39, 0.29) is 0 Å². The van der Waals surface area contributed by atoms with Crippen LogP contribution in [0.4, 0.5) is 0 Å². The van der Waals surface area contributed by atoms with Gasteiger partial charge in [-0.2, -0.15) is 0 Å². The number of hydrogen-bond acceptors (Lipinski definition) is 4. The second kappa shape index (κ2) is 9.81. The van der Waals surface area contributed by atoms with Crippen molar-refractivity contribution < 1.29 is 20.1 Å². The molecule has 4 aromatic carbocycles. The highest BCUT2D eigenvalue weighted by molar-refractivity contribution is 6.59. The van der Waals surface area contributed by atoms with Gasteiger partial charge in [0.1, 0.15) is 0 Å². The molecule has 0 spiro atoms. The third-order valence-corrected chi connectivity index (χ3v) is 5.37. The summed E-state index contributed by atoms with van der Waals surface area (Å²) in [7, 11) is -3.06. The lowest BCUT2D eigenvalue weighted by Crippen LogP contribution is -2.29. The molecular weight excluding hydrogens is 398 g/mol.